The summed E-state index contributed by atoms with van der Waals surface area (Å²) in [6.45, 7) is 1.73. The molecule has 0 amide bonds. The Hall–Kier alpha value is -3.41. The van der Waals surface area contributed by atoms with E-state index in [9.17, 15) is 0 Å². The molecule has 4 rings (SSSR count). The zero-order valence-corrected chi connectivity index (χ0v) is 16.8. The Kier molecular flexibility index (Phi) is 5.40. The summed E-state index contributed by atoms with van der Waals surface area (Å²) < 4.78 is 31.5. The van der Waals surface area contributed by atoms with Crippen LogP contribution in [0.5, 0.6) is 11.5 Å². The van der Waals surface area contributed by atoms with Gasteiger partial charge in [-0.2, -0.15) is 5.26 Å². The van der Waals surface area contributed by atoms with E-state index in [1.165, 1.54) is 36.7 Å². The third kappa shape index (κ3) is 3.99. The van der Waals surface area contributed by atoms with E-state index in [4.69, 9.17) is 42.0 Å². The Morgan fingerprint density at radius 3 is 2.77 bits per heavy atom. The van der Waals surface area contributed by atoms with Gasteiger partial charge in [0.1, 0.15) is 5.75 Å². The van der Waals surface area contributed by atoms with Crippen LogP contribution in [0.4, 0.5) is 4.39 Å². The summed E-state index contributed by atoms with van der Waals surface area (Å²) in [4.78, 5) is 3.96. The zero-order chi connectivity index (χ0) is 21.3. The van der Waals surface area contributed by atoms with Crippen LogP contribution in [0.3, 0.4) is 0 Å². The van der Waals surface area contributed by atoms with Crippen LogP contribution in [0.15, 0.2) is 45.6 Å². The Labute approximate surface area is 179 Å². The topological polar surface area (TPSA) is 98.0 Å². The molecule has 0 unspecified atom stereocenters. The highest BCUT2D eigenvalue weighted by Crippen LogP contribution is 2.36. The van der Waals surface area contributed by atoms with E-state index >= 15 is 4.39 Å². The highest BCUT2D eigenvalue weighted by molar-refractivity contribution is 6.32. The van der Waals surface area contributed by atoms with Crippen molar-refractivity contribution in [1.82, 2.24) is 15.2 Å². The number of nitriles is 1. The standard InChI is InChI=1S/C20H11Cl2FN4O3/c1-10-18(28-9-25-10)20-27-26-16(30-20)6-12-2-3-15(22)19(17(12)23)29-14-5-11(8-24)4-13(21)7-14/h2-5,7,9H,6H2,1H3. The number of rotatable bonds is 5. The second-order valence-corrected chi connectivity index (χ2v) is 7.03. The summed E-state index contributed by atoms with van der Waals surface area (Å²) in [6.07, 6.45) is 1.27. The Balaban J connectivity index is 1.62. The molecule has 2 aromatic heterocycles. The third-order valence-corrected chi connectivity index (χ3v) is 4.61. The smallest absolute Gasteiger partial charge is 0.285 e. The van der Waals surface area contributed by atoms with E-state index in [1.807, 2.05) is 6.07 Å². The second kappa shape index (κ2) is 8.14. The van der Waals surface area contributed by atoms with Crippen molar-refractivity contribution in [2.45, 2.75) is 13.3 Å². The molecule has 0 radical (unpaired) electrons. The number of oxazole rings is 1. The molecule has 0 aliphatic rings. The van der Waals surface area contributed by atoms with E-state index < -0.39 is 5.82 Å². The summed E-state index contributed by atoms with van der Waals surface area (Å²) in [5, 5.41) is 17.2. The third-order valence-electron chi connectivity index (χ3n) is 4.10. The highest BCUT2D eigenvalue weighted by Gasteiger charge is 2.20. The molecule has 0 spiro atoms. The molecular weight excluding hydrogens is 434 g/mol. The number of hydrogen-bond donors (Lipinski definition) is 0. The largest absolute Gasteiger partial charge is 0.453 e. The summed E-state index contributed by atoms with van der Waals surface area (Å²) in [5.41, 5.74) is 1.09. The lowest BCUT2D eigenvalue weighted by atomic mass is 10.1. The number of aryl methyl sites for hydroxylation is 1. The average Bonchev–Trinajstić information content (AvgIpc) is 3.35. The molecule has 0 atom stereocenters. The Morgan fingerprint density at radius 1 is 1.20 bits per heavy atom. The van der Waals surface area contributed by atoms with E-state index in [2.05, 4.69) is 15.2 Å². The van der Waals surface area contributed by atoms with Crippen molar-refractivity contribution in [3.05, 3.63) is 75.3 Å². The van der Waals surface area contributed by atoms with E-state index in [0.29, 0.717) is 11.5 Å². The molecule has 0 bridgehead atoms. The van der Waals surface area contributed by atoms with Crippen LogP contribution in [0.1, 0.15) is 22.7 Å². The van der Waals surface area contributed by atoms with Crippen molar-refractivity contribution < 1.29 is 18.0 Å². The van der Waals surface area contributed by atoms with Gasteiger partial charge in [-0.05, 0) is 31.2 Å². The van der Waals surface area contributed by atoms with Crippen LogP contribution in [-0.2, 0) is 6.42 Å². The number of nitrogens with zero attached hydrogens (tertiary/aromatic N) is 4. The van der Waals surface area contributed by atoms with Crippen LogP contribution >= 0.6 is 23.2 Å². The van der Waals surface area contributed by atoms with Gasteiger partial charge in [0.15, 0.2) is 18.0 Å². The molecule has 0 aliphatic heterocycles. The maximum absolute atomic E-state index is 15.1. The minimum atomic E-state index is -0.698. The molecular formula is C20H11Cl2FN4O3. The molecule has 0 N–H and O–H groups in total. The van der Waals surface area contributed by atoms with Gasteiger partial charge >= 0.3 is 0 Å². The fraction of sp³-hybridized carbons (Fsp3) is 0.100. The molecule has 30 heavy (non-hydrogen) atoms. The highest BCUT2D eigenvalue weighted by atomic mass is 35.5. The maximum atomic E-state index is 15.1. The number of ether oxygens (including phenoxy) is 1. The first kappa shape index (κ1) is 19.9. The van der Waals surface area contributed by atoms with Crippen molar-refractivity contribution in [2.75, 3.05) is 0 Å². The molecule has 0 fully saturated rings. The summed E-state index contributed by atoms with van der Waals surface area (Å²) in [5.74, 6) is -0.0551. The summed E-state index contributed by atoms with van der Waals surface area (Å²) >= 11 is 12.1. The van der Waals surface area contributed by atoms with Crippen molar-refractivity contribution in [1.29, 1.82) is 5.26 Å². The van der Waals surface area contributed by atoms with Crippen molar-refractivity contribution >= 4 is 23.2 Å². The molecule has 0 aliphatic carbocycles. The lowest BCUT2D eigenvalue weighted by Crippen LogP contribution is -1.98. The number of benzene rings is 2. The number of aromatic nitrogens is 3. The molecule has 0 saturated heterocycles. The quantitative estimate of drug-likeness (QED) is 0.387. The van der Waals surface area contributed by atoms with Crippen LogP contribution < -0.4 is 4.74 Å². The summed E-state index contributed by atoms with van der Waals surface area (Å²) in [6, 6.07) is 9.28. The van der Waals surface area contributed by atoms with Gasteiger partial charge < -0.3 is 13.6 Å². The van der Waals surface area contributed by atoms with Crippen molar-refractivity contribution in [3.8, 4) is 29.2 Å². The van der Waals surface area contributed by atoms with Crippen LogP contribution in [0.2, 0.25) is 10.0 Å². The van der Waals surface area contributed by atoms with Crippen molar-refractivity contribution in [2.24, 2.45) is 0 Å². The zero-order valence-electron chi connectivity index (χ0n) is 15.3. The predicted octanol–water partition coefficient (Wildman–Crippen LogP) is 5.73. The summed E-state index contributed by atoms with van der Waals surface area (Å²) in [7, 11) is 0. The van der Waals surface area contributed by atoms with Gasteiger partial charge in [-0.3, -0.25) is 0 Å². The van der Waals surface area contributed by atoms with Crippen LogP contribution in [-0.4, -0.2) is 15.2 Å². The normalized spacial score (nSPS) is 10.8. The SMILES string of the molecule is Cc1ncoc1-c1nnc(Cc2ccc(Cl)c(Oc3cc(Cl)cc(C#N)c3)c2F)o1. The second-order valence-electron chi connectivity index (χ2n) is 6.18. The van der Waals surface area contributed by atoms with E-state index in [-0.39, 0.29) is 50.9 Å². The average molecular weight is 445 g/mol. The molecule has 0 saturated carbocycles. The molecule has 150 valence electrons. The molecule has 2 aromatic carbocycles. The fourth-order valence-electron chi connectivity index (χ4n) is 2.69. The van der Waals surface area contributed by atoms with Crippen molar-refractivity contribution in [3.63, 3.8) is 0 Å². The Morgan fingerprint density at radius 2 is 2.03 bits per heavy atom. The van der Waals surface area contributed by atoms with Gasteiger partial charge in [-0.1, -0.05) is 29.3 Å². The minimum absolute atomic E-state index is 0.00145. The lowest BCUT2D eigenvalue weighted by Gasteiger charge is -2.11. The number of hydrogen-bond acceptors (Lipinski definition) is 7. The van der Waals surface area contributed by atoms with Gasteiger partial charge in [0, 0.05) is 10.6 Å². The minimum Gasteiger partial charge on any atom is -0.453 e. The Bertz CT molecular complexity index is 1280. The van der Waals surface area contributed by atoms with E-state index in [1.54, 1.807) is 6.92 Å². The van der Waals surface area contributed by atoms with Gasteiger partial charge in [-0.15, -0.1) is 10.2 Å². The van der Waals surface area contributed by atoms with Gasteiger partial charge in [0.2, 0.25) is 11.7 Å². The monoisotopic (exact) mass is 444 g/mol. The first-order valence-electron chi connectivity index (χ1n) is 8.53. The van der Waals surface area contributed by atoms with Crippen LogP contribution in [0, 0.1) is 24.1 Å². The van der Waals surface area contributed by atoms with E-state index in [0.717, 1.165) is 0 Å². The molecule has 10 heteroatoms. The van der Waals surface area contributed by atoms with Gasteiger partial charge in [0.05, 0.1) is 28.8 Å². The molecule has 7 nitrogen and oxygen atoms in total. The van der Waals surface area contributed by atoms with Crippen LogP contribution in [0.25, 0.3) is 11.7 Å². The first-order valence-corrected chi connectivity index (χ1v) is 9.28. The number of halogens is 3. The fourth-order valence-corrected chi connectivity index (χ4v) is 3.10. The molecule has 4 aromatic rings. The first-order chi connectivity index (χ1) is 14.4. The maximum Gasteiger partial charge on any atom is 0.285 e. The molecule has 2 heterocycles. The van der Waals surface area contributed by atoms with Gasteiger partial charge in [-0.25, -0.2) is 9.37 Å². The predicted molar refractivity (Wildman–Crippen MR) is 105 cm³/mol. The lowest BCUT2D eigenvalue weighted by molar-refractivity contribution is 0.436. The van der Waals surface area contributed by atoms with Gasteiger partial charge in [0.25, 0.3) is 5.89 Å².